The van der Waals surface area contributed by atoms with E-state index in [1.807, 2.05) is 32.2 Å². The average molecular weight is 518 g/mol. The summed E-state index contributed by atoms with van der Waals surface area (Å²) >= 11 is 6.64. The van der Waals surface area contributed by atoms with Crippen molar-refractivity contribution in [2.75, 3.05) is 36.3 Å². The number of nitrogens with zero attached hydrogens (tertiary/aromatic N) is 2. The van der Waals surface area contributed by atoms with E-state index in [2.05, 4.69) is 39.7 Å². The van der Waals surface area contributed by atoms with Crippen LogP contribution < -0.4 is 15.5 Å². The van der Waals surface area contributed by atoms with Crippen LogP contribution in [0.1, 0.15) is 38.5 Å². The van der Waals surface area contributed by atoms with Crippen LogP contribution in [0.25, 0.3) is 0 Å². The van der Waals surface area contributed by atoms with Crippen molar-refractivity contribution in [2.45, 2.75) is 47.6 Å². The fraction of sp³-hybridized carbons (Fsp3) is 0.450. The summed E-state index contributed by atoms with van der Waals surface area (Å²) in [4.78, 5) is 6.71. The van der Waals surface area contributed by atoms with E-state index in [-0.39, 0.29) is 5.84 Å². The van der Waals surface area contributed by atoms with Gasteiger partial charge < -0.3 is 15.5 Å². The number of anilines is 2. The number of unbranched alkanes of at least 4 members (excludes halogenated alkanes) is 1. The van der Waals surface area contributed by atoms with E-state index in [9.17, 15) is 4.21 Å². The first-order chi connectivity index (χ1) is 13.9. The number of rotatable bonds is 7. The summed E-state index contributed by atoms with van der Waals surface area (Å²) < 4.78 is 15.3. The molecule has 1 aromatic heterocycles. The van der Waals surface area contributed by atoms with Crippen molar-refractivity contribution in [3.63, 3.8) is 0 Å². The summed E-state index contributed by atoms with van der Waals surface area (Å²) in [6.45, 7) is 8.02. The second-order valence-corrected chi connectivity index (χ2v) is 10.8. The molecule has 1 unspecified atom stereocenters. The first-order valence-corrected chi connectivity index (χ1v) is 13.6. The number of hydrogen-bond donors (Lipinski definition) is 2. The monoisotopic (exact) mass is 516 g/mol. The number of fused-ring (bicyclic) bond motifs is 1. The summed E-state index contributed by atoms with van der Waals surface area (Å²) in [5.74, 6) is 0.0149. The SMILES string of the molecule is CC.CCCCN1CN(C)c2c(Br)cc(S(=O)c3cc(C(=N)N)sc3SC)cc21. The van der Waals surface area contributed by atoms with E-state index in [1.165, 1.54) is 11.3 Å². The van der Waals surface area contributed by atoms with Crippen molar-refractivity contribution in [3.05, 3.63) is 27.5 Å². The highest BCUT2D eigenvalue weighted by atomic mass is 79.9. The fourth-order valence-corrected chi connectivity index (χ4v) is 7.51. The molecule has 0 saturated carbocycles. The Bertz CT molecular complexity index is 900. The number of nitrogens with two attached hydrogens (primary N) is 1. The molecular weight excluding hydrogens is 488 g/mol. The quantitative estimate of drug-likeness (QED) is 0.279. The third-order valence-corrected chi connectivity index (χ3v) is 8.99. The third-order valence-electron chi connectivity index (χ3n) is 4.43. The second-order valence-electron chi connectivity index (χ2n) is 6.38. The minimum Gasteiger partial charge on any atom is -0.383 e. The van der Waals surface area contributed by atoms with Crippen molar-refractivity contribution >= 4 is 67.0 Å². The molecule has 3 N–H and O–H groups in total. The van der Waals surface area contributed by atoms with Crippen molar-refractivity contribution in [1.82, 2.24) is 0 Å². The lowest BCUT2D eigenvalue weighted by atomic mass is 10.2. The topological polar surface area (TPSA) is 73.4 Å². The molecule has 5 nitrogen and oxygen atoms in total. The minimum absolute atomic E-state index is 0.0149. The minimum atomic E-state index is -1.33. The largest absolute Gasteiger partial charge is 0.383 e. The Morgan fingerprint density at radius 2 is 2.07 bits per heavy atom. The highest BCUT2D eigenvalue weighted by Gasteiger charge is 2.28. The van der Waals surface area contributed by atoms with Gasteiger partial charge in [-0.1, -0.05) is 27.2 Å². The van der Waals surface area contributed by atoms with E-state index in [4.69, 9.17) is 11.1 Å². The van der Waals surface area contributed by atoms with Gasteiger partial charge in [-0.3, -0.25) is 5.41 Å². The maximum atomic E-state index is 13.4. The standard InChI is InChI=1S/C18H23BrN4OS3.C2H6/c1-4-5-6-23-10-22(2)16-12(19)7-11(8-13(16)23)27(24)15-9-14(17(20)21)26-18(15)25-3;1-2/h7-9H,4-6,10H2,1-3H3,(H3,20,21);1-2H3. The molecule has 160 valence electrons. The van der Waals surface area contributed by atoms with E-state index in [0.29, 0.717) is 4.88 Å². The third kappa shape index (κ3) is 5.18. The van der Waals surface area contributed by atoms with Gasteiger partial charge >= 0.3 is 0 Å². The molecule has 0 fully saturated rings. The van der Waals surface area contributed by atoms with Crippen LogP contribution in [-0.2, 0) is 10.8 Å². The summed E-state index contributed by atoms with van der Waals surface area (Å²) in [5, 5.41) is 7.67. The zero-order valence-corrected chi connectivity index (χ0v) is 21.6. The Hall–Kier alpha value is -1.03. The zero-order valence-electron chi connectivity index (χ0n) is 17.5. The van der Waals surface area contributed by atoms with E-state index < -0.39 is 10.8 Å². The van der Waals surface area contributed by atoms with Crippen LogP contribution in [0.5, 0.6) is 0 Å². The van der Waals surface area contributed by atoms with Gasteiger partial charge in [-0.15, -0.1) is 23.1 Å². The van der Waals surface area contributed by atoms with Crippen LogP contribution >= 0.6 is 39.0 Å². The molecule has 0 radical (unpaired) electrons. The van der Waals surface area contributed by atoms with Gasteiger partial charge in [0.05, 0.1) is 42.8 Å². The lowest BCUT2D eigenvalue weighted by molar-refractivity contribution is 0.682. The van der Waals surface area contributed by atoms with Gasteiger partial charge in [-0.2, -0.15) is 0 Å². The Morgan fingerprint density at radius 1 is 1.38 bits per heavy atom. The van der Waals surface area contributed by atoms with Gasteiger partial charge in [-0.25, -0.2) is 4.21 Å². The summed E-state index contributed by atoms with van der Waals surface area (Å²) in [6.07, 6.45) is 4.22. The van der Waals surface area contributed by atoms with Crippen LogP contribution in [-0.4, -0.2) is 36.6 Å². The van der Waals surface area contributed by atoms with E-state index in [1.54, 1.807) is 17.8 Å². The number of benzene rings is 1. The van der Waals surface area contributed by atoms with Gasteiger partial charge in [0.2, 0.25) is 0 Å². The van der Waals surface area contributed by atoms with Crippen LogP contribution in [0.2, 0.25) is 0 Å². The Kier molecular flexibility index (Phi) is 9.06. The molecule has 1 aliphatic rings. The van der Waals surface area contributed by atoms with Crippen LogP contribution in [0.4, 0.5) is 11.4 Å². The Balaban J connectivity index is 0.00000145. The van der Waals surface area contributed by atoms with Gasteiger partial charge in [0.15, 0.2) is 0 Å². The molecule has 1 atom stereocenters. The van der Waals surface area contributed by atoms with Crippen molar-refractivity contribution in [1.29, 1.82) is 5.41 Å². The number of thioether (sulfide) groups is 1. The molecule has 29 heavy (non-hydrogen) atoms. The van der Waals surface area contributed by atoms with Gasteiger partial charge in [0, 0.05) is 23.0 Å². The van der Waals surface area contributed by atoms with Crippen molar-refractivity contribution in [3.8, 4) is 0 Å². The molecule has 2 aromatic rings. The first-order valence-electron chi connectivity index (χ1n) is 9.61. The van der Waals surface area contributed by atoms with Crippen LogP contribution in [0.15, 0.2) is 36.7 Å². The molecule has 2 heterocycles. The molecule has 3 rings (SSSR count). The maximum absolute atomic E-state index is 13.4. The number of hydrogen-bond acceptors (Lipinski definition) is 6. The Morgan fingerprint density at radius 3 is 2.66 bits per heavy atom. The Labute approximate surface area is 193 Å². The van der Waals surface area contributed by atoms with E-state index >= 15 is 0 Å². The van der Waals surface area contributed by atoms with E-state index in [0.717, 1.165) is 55.9 Å². The normalized spacial score (nSPS) is 13.7. The molecule has 0 bridgehead atoms. The first kappa shape index (κ1) is 24.2. The molecule has 1 aliphatic heterocycles. The van der Waals surface area contributed by atoms with Gasteiger partial charge in [0.25, 0.3) is 0 Å². The predicted octanol–water partition coefficient (Wildman–Crippen LogP) is 5.72. The average Bonchev–Trinajstić information content (AvgIpc) is 3.29. The van der Waals surface area contributed by atoms with Crippen LogP contribution in [0.3, 0.4) is 0 Å². The molecule has 0 aliphatic carbocycles. The number of amidine groups is 1. The number of nitrogen functional groups attached to an aromatic ring is 1. The predicted molar refractivity (Wildman–Crippen MR) is 133 cm³/mol. The van der Waals surface area contributed by atoms with Gasteiger partial charge in [-0.05, 0) is 46.8 Å². The number of nitrogens with one attached hydrogen (secondary N) is 1. The molecule has 9 heteroatoms. The lowest BCUT2D eigenvalue weighted by Crippen LogP contribution is -2.28. The van der Waals surface area contributed by atoms with Crippen molar-refractivity contribution < 1.29 is 4.21 Å². The summed E-state index contributed by atoms with van der Waals surface area (Å²) in [5.41, 5.74) is 7.90. The summed E-state index contributed by atoms with van der Waals surface area (Å²) in [6, 6.07) is 5.78. The zero-order chi connectivity index (χ0) is 21.7. The fourth-order valence-electron chi connectivity index (χ4n) is 3.12. The molecule has 0 amide bonds. The molecule has 0 saturated heterocycles. The van der Waals surface area contributed by atoms with Crippen LogP contribution in [0, 0.1) is 5.41 Å². The maximum Gasteiger partial charge on any atom is 0.133 e. The highest BCUT2D eigenvalue weighted by Crippen LogP contribution is 2.44. The smallest absolute Gasteiger partial charge is 0.133 e. The van der Waals surface area contributed by atoms with Crippen molar-refractivity contribution in [2.24, 2.45) is 5.73 Å². The molecule has 0 spiro atoms. The number of halogens is 1. The molecular formula is C20H29BrN4OS3. The highest BCUT2D eigenvalue weighted by molar-refractivity contribution is 9.10. The lowest BCUT2D eigenvalue weighted by Gasteiger charge is -2.19. The molecule has 1 aromatic carbocycles. The second kappa shape index (κ2) is 10.8. The van der Waals surface area contributed by atoms with Gasteiger partial charge in [0.1, 0.15) is 5.84 Å². The summed E-state index contributed by atoms with van der Waals surface area (Å²) in [7, 11) is 0.753. The number of thiophene rings is 1.